The minimum atomic E-state index is -4.67. The van der Waals surface area contributed by atoms with E-state index in [4.69, 9.17) is 16.7 Å². The number of hydrogen-bond donors (Lipinski definition) is 2. The van der Waals surface area contributed by atoms with E-state index in [1.165, 1.54) is 11.8 Å². The molecule has 1 rings (SSSR count). The predicted molar refractivity (Wildman–Crippen MR) is 80.6 cm³/mol. The van der Waals surface area contributed by atoms with E-state index >= 15 is 0 Å². The fraction of sp³-hybridized carbons (Fsp3) is 0.500. The molecule has 0 aromatic heterocycles. The first kappa shape index (κ1) is 19.6. The quantitative estimate of drug-likeness (QED) is 0.766. The Balaban J connectivity index is 3.16. The summed E-state index contributed by atoms with van der Waals surface area (Å²) in [4.78, 5) is -0.631. The van der Waals surface area contributed by atoms with Crippen LogP contribution in [0.5, 0.6) is 0 Å². The molecule has 0 amide bonds. The van der Waals surface area contributed by atoms with Crippen LogP contribution < -0.4 is 4.72 Å². The van der Waals surface area contributed by atoms with Gasteiger partial charge >= 0.3 is 6.18 Å². The van der Waals surface area contributed by atoms with Gasteiger partial charge in [0.05, 0.1) is 10.6 Å². The maximum absolute atomic E-state index is 12.7. The van der Waals surface area contributed by atoms with E-state index < -0.39 is 32.7 Å². The average molecular weight is 378 g/mol. The lowest BCUT2D eigenvalue weighted by Crippen LogP contribution is -2.37. The number of benzene rings is 1. The molecular weight excluding hydrogens is 363 g/mol. The Kier molecular flexibility index (Phi) is 7.00. The molecule has 0 aliphatic rings. The zero-order valence-corrected chi connectivity index (χ0v) is 13.9. The van der Waals surface area contributed by atoms with E-state index in [9.17, 15) is 21.6 Å². The second kappa shape index (κ2) is 7.87. The summed E-state index contributed by atoms with van der Waals surface area (Å²) < 4.78 is 64.8. The van der Waals surface area contributed by atoms with Crippen LogP contribution in [0.25, 0.3) is 0 Å². The average Bonchev–Trinajstić information content (AvgIpc) is 2.37. The summed E-state index contributed by atoms with van der Waals surface area (Å²) >= 11 is 7.07. The number of alkyl halides is 3. The van der Waals surface area contributed by atoms with Gasteiger partial charge in [-0.15, -0.1) is 0 Å². The van der Waals surface area contributed by atoms with E-state index in [1.54, 1.807) is 6.26 Å². The first-order valence-electron chi connectivity index (χ1n) is 6.10. The van der Waals surface area contributed by atoms with Crippen LogP contribution in [0.15, 0.2) is 23.1 Å². The molecule has 2 N–H and O–H groups in total. The minimum absolute atomic E-state index is 0.149. The Morgan fingerprint density at radius 2 is 2.05 bits per heavy atom. The lowest BCUT2D eigenvalue weighted by molar-refractivity contribution is -0.137. The van der Waals surface area contributed by atoms with E-state index in [2.05, 4.69) is 4.72 Å². The van der Waals surface area contributed by atoms with Crippen molar-refractivity contribution >= 4 is 33.4 Å². The van der Waals surface area contributed by atoms with Gasteiger partial charge in [0.2, 0.25) is 10.0 Å². The highest BCUT2D eigenvalue weighted by molar-refractivity contribution is 7.98. The molecular formula is C12H15ClF3NO3S2. The summed E-state index contributed by atoms with van der Waals surface area (Å²) in [7, 11) is -4.22. The monoisotopic (exact) mass is 377 g/mol. The molecule has 0 heterocycles. The highest BCUT2D eigenvalue weighted by atomic mass is 35.5. The van der Waals surface area contributed by atoms with Gasteiger partial charge < -0.3 is 5.11 Å². The zero-order valence-electron chi connectivity index (χ0n) is 11.5. The van der Waals surface area contributed by atoms with Crippen LogP contribution >= 0.6 is 23.4 Å². The number of nitrogens with one attached hydrogen (secondary N) is 1. The first-order valence-corrected chi connectivity index (χ1v) is 9.36. The van der Waals surface area contributed by atoms with Gasteiger partial charge in [-0.25, -0.2) is 13.1 Å². The third-order valence-corrected chi connectivity index (χ3v) is 5.45. The molecule has 0 aliphatic heterocycles. The van der Waals surface area contributed by atoms with E-state index in [0.29, 0.717) is 17.9 Å². The fourth-order valence-corrected chi connectivity index (χ4v) is 4.26. The van der Waals surface area contributed by atoms with Crippen LogP contribution in [0.3, 0.4) is 0 Å². The van der Waals surface area contributed by atoms with Crippen molar-refractivity contribution in [2.24, 2.45) is 0 Å². The van der Waals surface area contributed by atoms with Crippen molar-refractivity contribution in [1.29, 1.82) is 0 Å². The summed E-state index contributed by atoms with van der Waals surface area (Å²) in [6.45, 7) is -0.246. The molecule has 1 aromatic rings. The van der Waals surface area contributed by atoms with Crippen molar-refractivity contribution < 1.29 is 26.7 Å². The van der Waals surface area contributed by atoms with Crippen molar-refractivity contribution in [2.75, 3.05) is 18.6 Å². The smallest absolute Gasteiger partial charge is 0.396 e. The molecule has 0 radical (unpaired) electrons. The number of sulfonamides is 1. The van der Waals surface area contributed by atoms with Gasteiger partial charge in [-0.3, -0.25) is 0 Å². The molecule has 126 valence electrons. The molecule has 0 saturated carbocycles. The number of rotatable bonds is 7. The number of halogens is 4. The molecule has 0 bridgehead atoms. The Labute approximate surface area is 136 Å². The van der Waals surface area contributed by atoms with Crippen LogP contribution in [-0.2, 0) is 16.2 Å². The van der Waals surface area contributed by atoms with Gasteiger partial charge in [-0.1, -0.05) is 11.6 Å². The normalized spacial score (nSPS) is 14.1. The second-order valence-corrected chi connectivity index (χ2v) is 7.43. The summed E-state index contributed by atoms with van der Waals surface area (Å²) in [5, 5.41) is 8.62. The molecule has 0 aliphatic carbocycles. The van der Waals surface area contributed by atoms with Crippen molar-refractivity contribution in [3.05, 3.63) is 28.8 Å². The minimum Gasteiger partial charge on any atom is -0.396 e. The molecule has 1 atom stereocenters. The van der Waals surface area contributed by atoms with Crippen molar-refractivity contribution in [2.45, 2.75) is 23.5 Å². The fourth-order valence-electron chi connectivity index (χ4n) is 1.70. The van der Waals surface area contributed by atoms with Gasteiger partial charge in [0.25, 0.3) is 0 Å². The molecule has 10 heteroatoms. The summed E-state index contributed by atoms with van der Waals surface area (Å²) in [6, 6.07) is 1.51. The van der Waals surface area contributed by atoms with Crippen LogP contribution in [0.1, 0.15) is 12.0 Å². The summed E-state index contributed by atoms with van der Waals surface area (Å²) in [6.07, 6.45) is -2.77. The van der Waals surface area contributed by atoms with Gasteiger partial charge in [0.15, 0.2) is 0 Å². The van der Waals surface area contributed by atoms with E-state index in [0.717, 1.165) is 6.07 Å². The molecule has 0 unspecified atom stereocenters. The standard InChI is InChI=1S/C12H15ClF3NO3S2/c1-21-7-9(4-5-18)17-22(19,20)11-6-8(12(14,15)16)2-3-10(11)13/h2-3,6,9,17-18H,4-5,7H2,1H3/t9-/m0/s1. The van der Waals surface area contributed by atoms with E-state index in [-0.39, 0.29) is 18.1 Å². The van der Waals surface area contributed by atoms with Gasteiger partial charge in [0.1, 0.15) is 4.90 Å². The van der Waals surface area contributed by atoms with Gasteiger partial charge in [-0.05, 0) is 30.9 Å². The van der Waals surface area contributed by atoms with E-state index in [1.807, 2.05) is 0 Å². The van der Waals surface area contributed by atoms with Crippen molar-refractivity contribution in [3.63, 3.8) is 0 Å². The van der Waals surface area contributed by atoms with Gasteiger partial charge in [0, 0.05) is 18.4 Å². The molecule has 1 aromatic carbocycles. The number of thioether (sulfide) groups is 1. The van der Waals surface area contributed by atoms with Crippen LogP contribution in [-0.4, -0.2) is 38.2 Å². The summed E-state index contributed by atoms with van der Waals surface area (Å²) in [5.74, 6) is 0.371. The van der Waals surface area contributed by atoms with Crippen molar-refractivity contribution in [3.8, 4) is 0 Å². The molecule has 0 fully saturated rings. The molecule has 22 heavy (non-hydrogen) atoms. The van der Waals surface area contributed by atoms with Crippen LogP contribution in [0.2, 0.25) is 5.02 Å². The third kappa shape index (κ3) is 5.31. The largest absolute Gasteiger partial charge is 0.416 e. The summed E-state index contributed by atoms with van der Waals surface area (Å²) in [5.41, 5.74) is -1.10. The Morgan fingerprint density at radius 3 is 2.55 bits per heavy atom. The maximum Gasteiger partial charge on any atom is 0.416 e. The van der Waals surface area contributed by atoms with Crippen molar-refractivity contribution in [1.82, 2.24) is 4.72 Å². The topological polar surface area (TPSA) is 66.4 Å². The maximum atomic E-state index is 12.7. The second-order valence-electron chi connectivity index (χ2n) is 4.43. The highest BCUT2D eigenvalue weighted by Gasteiger charge is 2.33. The molecule has 0 spiro atoms. The zero-order chi connectivity index (χ0) is 17.0. The lowest BCUT2D eigenvalue weighted by atomic mass is 10.2. The van der Waals surface area contributed by atoms with Gasteiger partial charge in [-0.2, -0.15) is 24.9 Å². The van der Waals surface area contributed by atoms with Crippen LogP contribution in [0.4, 0.5) is 13.2 Å². The van der Waals surface area contributed by atoms with Crippen LogP contribution in [0, 0.1) is 0 Å². The Bertz CT molecular complexity index is 602. The highest BCUT2D eigenvalue weighted by Crippen LogP contribution is 2.33. The first-order chi connectivity index (χ1) is 10.1. The number of hydrogen-bond acceptors (Lipinski definition) is 4. The lowest BCUT2D eigenvalue weighted by Gasteiger charge is -2.18. The number of aliphatic hydroxyl groups excluding tert-OH is 1. The molecule has 0 saturated heterocycles. The Morgan fingerprint density at radius 1 is 1.41 bits per heavy atom. The molecule has 4 nitrogen and oxygen atoms in total. The Hall–Kier alpha value is -0.480. The third-order valence-electron chi connectivity index (χ3n) is 2.72. The SMILES string of the molecule is CSC[C@H](CCO)NS(=O)(=O)c1cc(C(F)(F)F)ccc1Cl. The number of aliphatic hydroxyl groups is 1. The predicted octanol–water partition coefficient (Wildman–Crippen LogP) is 2.75.